The third-order valence-electron chi connectivity index (χ3n) is 13.8. The highest BCUT2D eigenvalue weighted by molar-refractivity contribution is 6.17. The molecule has 0 N–H and O–H groups in total. The molecule has 0 saturated heterocycles. The van der Waals surface area contributed by atoms with E-state index in [0.29, 0.717) is 0 Å². The molecule has 0 saturated carbocycles. The molecule has 318 valence electrons. The van der Waals surface area contributed by atoms with Gasteiger partial charge in [-0.1, -0.05) is 200 Å². The van der Waals surface area contributed by atoms with Crippen molar-refractivity contribution in [1.29, 1.82) is 0 Å². The van der Waals surface area contributed by atoms with Crippen molar-refractivity contribution in [3.8, 4) is 50.2 Å². The number of hydrogen-bond acceptors (Lipinski definition) is 1. The first-order valence-corrected chi connectivity index (χ1v) is 23.4. The van der Waals surface area contributed by atoms with Crippen molar-refractivity contribution in [2.24, 2.45) is 0 Å². The summed E-state index contributed by atoms with van der Waals surface area (Å²) < 4.78 is 2.41. The van der Waals surface area contributed by atoms with Crippen LogP contribution in [0.5, 0.6) is 0 Å². The number of nitrogens with zero attached hydrogens (tertiary/aromatic N) is 2. The normalized spacial score (nSPS) is 11.5. The fourth-order valence-corrected chi connectivity index (χ4v) is 10.5. The van der Waals surface area contributed by atoms with E-state index in [1.165, 1.54) is 93.1 Å². The first-order valence-electron chi connectivity index (χ1n) is 23.4. The lowest BCUT2D eigenvalue weighted by molar-refractivity contribution is 1.18. The SMILES string of the molecule is c1ccc(-c2ccc3c(c2)c2c(-c4cccc(N(c5ccc(-c6ccc(-c7cccc8ccccc78)cc6)cc5)c5ccc6c(ccc7ccccc76)c5)c4)cccc2n3-c2ccccc2)cc1. The minimum atomic E-state index is 1.09. The molecule has 0 unspecified atom stereocenters. The van der Waals surface area contributed by atoms with Gasteiger partial charge in [-0.3, -0.25) is 0 Å². The van der Waals surface area contributed by atoms with E-state index in [-0.39, 0.29) is 0 Å². The van der Waals surface area contributed by atoms with Gasteiger partial charge in [-0.2, -0.15) is 0 Å². The molecular formula is C66H44N2. The third-order valence-corrected chi connectivity index (χ3v) is 13.8. The van der Waals surface area contributed by atoms with E-state index in [1.807, 2.05) is 0 Å². The van der Waals surface area contributed by atoms with Gasteiger partial charge in [0.25, 0.3) is 0 Å². The minimum absolute atomic E-state index is 1.09. The minimum Gasteiger partial charge on any atom is -0.310 e. The van der Waals surface area contributed by atoms with Crippen molar-refractivity contribution in [3.63, 3.8) is 0 Å². The molecule has 12 aromatic carbocycles. The Morgan fingerprint density at radius 1 is 0.250 bits per heavy atom. The van der Waals surface area contributed by atoms with Gasteiger partial charge in [0.05, 0.1) is 11.0 Å². The Morgan fingerprint density at radius 2 is 0.794 bits per heavy atom. The summed E-state index contributed by atoms with van der Waals surface area (Å²) in [5, 5.41) is 9.95. The van der Waals surface area contributed by atoms with Gasteiger partial charge in [0.15, 0.2) is 0 Å². The second-order valence-electron chi connectivity index (χ2n) is 17.7. The quantitative estimate of drug-likeness (QED) is 0.138. The van der Waals surface area contributed by atoms with E-state index in [9.17, 15) is 0 Å². The topological polar surface area (TPSA) is 8.17 Å². The molecule has 0 atom stereocenters. The lowest BCUT2D eigenvalue weighted by atomic mass is 9.96. The van der Waals surface area contributed by atoms with Gasteiger partial charge in [-0.25, -0.2) is 0 Å². The molecule has 0 aliphatic carbocycles. The van der Waals surface area contributed by atoms with Crippen LogP contribution in [0, 0.1) is 0 Å². The zero-order valence-corrected chi connectivity index (χ0v) is 37.3. The predicted octanol–water partition coefficient (Wildman–Crippen LogP) is 18.4. The number of anilines is 3. The fraction of sp³-hybridized carbons (Fsp3) is 0. The maximum absolute atomic E-state index is 2.41. The monoisotopic (exact) mass is 864 g/mol. The Hall–Kier alpha value is -8.98. The van der Waals surface area contributed by atoms with Crippen molar-refractivity contribution >= 4 is 71.2 Å². The Bertz CT molecular complexity index is 3990. The van der Waals surface area contributed by atoms with E-state index < -0.39 is 0 Å². The molecule has 0 aliphatic heterocycles. The van der Waals surface area contributed by atoms with Crippen molar-refractivity contribution in [1.82, 2.24) is 4.57 Å². The number of aromatic nitrogens is 1. The van der Waals surface area contributed by atoms with E-state index >= 15 is 0 Å². The second-order valence-corrected chi connectivity index (χ2v) is 17.7. The smallest absolute Gasteiger partial charge is 0.0547 e. The maximum atomic E-state index is 2.41. The van der Waals surface area contributed by atoms with Crippen LogP contribution in [0.2, 0.25) is 0 Å². The third kappa shape index (κ3) is 6.82. The molecule has 0 fully saturated rings. The van der Waals surface area contributed by atoms with Crippen LogP contribution < -0.4 is 4.90 Å². The summed E-state index contributed by atoms with van der Waals surface area (Å²) in [4.78, 5) is 2.41. The highest BCUT2D eigenvalue weighted by Gasteiger charge is 2.20. The molecule has 0 spiro atoms. The highest BCUT2D eigenvalue weighted by atomic mass is 15.1. The van der Waals surface area contributed by atoms with E-state index in [0.717, 1.165) is 28.3 Å². The van der Waals surface area contributed by atoms with Crippen molar-refractivity contribution in [2.45, 2.75) is 0 Å². The number of rotatable bonds is 8. The zero-order chi connectivity index (χ0) is 45.0. The summed E-state index contributed by atoms with van der Waals surface area (Å²) in [7, 11) is 0. The standard InChI is InChI=1S/C66H44N2/c1-3-14-45(15-4-1)51-36-41-64-63(44-51)66-62(26-13-27-65(66)68(64)54-20-5-2-6-21-54)52-19-11-22-56(42-52)67(57-39-40-61-53(43-57)33-32-49-17-8-10-24-59(49)61)55-37-34-47(35-38-55)46-28-30-50(31-29-46)60-25-12-18-48-16-7-9-23-58(48)60/h1-44H. The van der Waals surface area contributed by atoms with E-state index in [4.69, 9.17) is 0 Å². The van der Waals surface area contributed by atoms with E-state index in [1.54, 1.807) is 0 Å². The summed E-state index contributed by atoms with van der Waals surface area (Å²) in [6.07, 6.45) is 0. The number of fused-ring (bicyclic) bond motifs is 7. The summed E-state index contributed by atoms with van der Waals surface area (Å²) in [5.74, 6) is 0. The van der Waals surface area contributed by atoms with Gasteiger partial charge in [0.2, 0.25) is 0 Å². The average molecular weight is 865 g/mol. The Labute approximate surface area is 395 Å². The Morgan fingerprint density at radius 3 is 1.60 bits per heavy atom. The summed E-state index contributed by atoms with van der Waals surface area (Å²) in [5.41, 5.74) is 16.4. The lowest BCUT2D eigenvalue weighted by Gasteiger charge is -2.27. The van der Waals surface area contributed by atoms with Gasteiger partial charge in [-0.15, -0.1) is 0 Å². The molecule has 0 aliphatic rings. The number of benzene rings is 12. The van der Waals surface area contributed by atoms with Crippen LogP contribution in [0.1, 0.15) is 0 Å². The molecule has 1 heterocycles. The molecule has 2 nitrogen and oxygen atoms in total. The van der Waals surface area contributed by atoms with Crippen LogP contribution >= 0.6 is 0 Å². The first-order chi connectivity index (χ1) is 33.7. The summed E-state index contributed by atoms with van der Waals surface area (Å²) in [6, 6.07) is 97.5. The summed E-state index contributed by atoms with van der Waals surface area (Å²) in [6.45, 7) is 0. The predicted molar refractivity (Wildman–Crippen MR) is 290 cm³/mol. The maximum Gasteiger partial charge on any atom is 0.0547 e. The van der Waals surface area contributed by atoms with Crippen LogP contribution in [-0.4, -0.2) is 4.57 Å². The number of hydrogen-bond donors (Lipinski definition) is 0. The molecule has 2 heteroatoms. The molecule has 0 bridgehead atoms. The molecular weight excluding hydrogens is 821 g/mol. The van der Waals surface area contributed by atoms with Gasteiger partial charge >= 0.3 is 0 Å². The number of para-hydroxylation sites is 1. The highest BCUT2D eigenvalue weighted by Crippen LogP contribution is 2.44. The molecule has 0 radical (unpaired) electrons. The summed E-state index contributed by atoms with van der Waals surface area (Å²) >= 11 is 0. The molecule has 13 aromatic rings. The van der Waals surface area contributed by atoms with Gasteiger partial charge in [-0.05, 0) is 144 Å². The van der Waals surface area contributed by atoms with Crippen LogP contribution in [0.4, 0.5) is 17.1 Å². The zero-order valence-electron chi connectivity index (χ0n) is 37.3. The van der Waals surface area contributed by atoms with Gasteiger partial charge in [0, 0.05) is 33.5 Å². The fourth-order valence-electron chi connectivity index (χ4n) is 10.5. The lowest BCUT2D eigenvalue weighted by Crippen LogP contribution is -2.10. The molecule has 0 amide bonds. The van der Waals surface area contributed by atoms with Crippen LogP contribution in [0.15, 0.2) is 267 Å². The second kappa shape index (κ2) is 16.5. The van der Waals surface area contributed by atoms with Crippen molar-refractivity contribution < 1.29 is 0 Å². The largest absolute Gasteiger partial charge is 0.310 e. The first kappa shape index (κ1) is 39.4. The van der Waals surface area contributed by atoms with Crippen molar-refractivity contribution in [2.75, 3.05) is 4.90 Å². The van der Waals surface area contributed by atoms with Crippen LogP contribution in [0.3, 0.4) is 0 Å². The Kier molecular flexibility index (Phi) is 9.54. The van der Waals surface area contributed by atoms with Crippen LogP contribution in [-0.2, 0) is 0 Å². The molecule has 13 rings (SSSR count). The molecule has 1 aromatic heterocycles. The van der Waals surface area contributed by atoms with Gasteiger partial charge in [0.1, 0.15) is 0 Å². The van der Waals surface area contributed by atoms with E-state index in [2.05, 4.69) is 276 Å². The van der Waals surface area contributed by atoms with Crippen molar-refractivity contribution in [3.05, 3.63) is 267 Å². The molecule has 68 heavy (non-hydrogen) atoms. The average Bonchev–Trinajstić information content (AvgIpc) is 3.75. The van der Waals surface area contributed by atoms with Gasteiger partial charge < -0.3 is 9.47 Å². The van der Waals surface area contributed by atoms with Crippen LogP contribution in [0.25, 0.3) is 104 Å². The Balaban J connectivity index is 0.946.